The van der Waals surface area contributed by atoms with Crippen molar-refractivity contribution in [2.24, 2.45) is 0 Å². The van der Waals surface area contributed by atoms with Gasteiger partial charge in [-0.1, -0.05) is 17.7 Å². The number of rotatable bonds is 3. The Kier molecular flexibility index (Phi) is 5.08. The number of anilines is 1. The standard InChI is InChI=1S/C15H23N3O3S/c1-12-4-6-13(7-5-12)16-15(19)18-10-8-14(9-11-18)17(2)22(3,20)21/h4-7,14H,8-11H2,1-3H3,(H,16,19). The minimum atomic E-state index is -3.18. The largest absolute Gasteiger partial charge is 0.324 e. The molecule has 0 atom stereocenters. The molecule has 0 radical (unpaired) electrons. The van der Waals surface area contributed by atoms with Gasteiger partial charge in [-0.2, -0.15) is 0 Å². The number of carbonyl (C=O) groups excluding carboxylic acids is 1. The van der Waals surface area contributed by atoms with Crippen LogP contribution in [0.15, 0.2) is 24.3 Å². The Hall–Kier alpha value is -1.60. The molecule has 2 rings (SSSR count). The summed E-state index contributed by atoms with van der Waals surface area (Å²) < 4.78 is 24.5. The fraction of sp³-hybridized carbons (Fsp3) is 0.533. The number of nitrogens with zero attached hydrogens (tertiary/aromatic N) is 2. The van der Waals surface area contributed by atoms with Crippen LogP contribution in [0.4, 0.5) is 10.5 Å². The topological polar surface area (TPSA) is 69.7 Å². The van der Waals surface area contributed by atoms with Gasteiger partial charge in [-0.3, -0.25) is 0 Å². The quantitative estimate of drug-likeness (QED) is 0.922. The molecule has 1 aliphatic rings. The van der Waals surface area contributed by atoms with Gasteiger partial charge in [0.25, 0.3) is 0 Å². The van der Waals surface area contributed by atoms with Gasteiger partial charge in [-0.25, -0.2) is 17.5 Å². The summed E-state index contributed by atoms with van der Waals surface area (Å²) >= 11 is 0. The van der Waals surface area contributed by atoms with Crippen LogP contribution in [0.3, 0.4) is 0 Å². The Labute approximate surface area is 132 Å². The van der Waals surface area contributed by atoms with Crippen LogP contribution >= 0.6 is 0 Å². The minimum absolute atomic E-state index is 0.0292. The summed E-state index contributed by atoms with van der Waals surface area (Å²) in [5.74, 6) is 0. The molecule has 1 aromatic carbocycles. The van der Waals surface area contributed by atoms with E-state index in [1.54, 1.807) is 11.9 Å². The molecule has 122 valence electrons. The van der Waals surface area contributed by atoms with Crippen molar-refractivity contribution in [3.05, 3.63) is 29.8 Å². The third kappa shape index (κ3) is 4.20. The normalized spacial score (nSPS) is 16.8. The highest BCUT2D eigenvalue weighted by Gasteiger charge is 2.28. The molecule has 0 saturated carbocycles. The van der Waals surface area contributed by atoms with Crippen LogP contribution in [-0.4, -0.2) is 56.1 Å². The molecule has 0 bridgehead atoms. The molecular weight excluding hydrogens is 302 g/mol. The number of carbonyl (C=O) groups is 1. The van der Waals surface area contributed by atoms with E-state index in [4.69, 9.17) is 0 Å². The predicted molar refractivity (Wildman–Crippen MR) is 87.4 cm³/mol. The van der Waals surface area contributed by atoms with Crippen molar-refractivity contribution >= 4 is 21.7 Å². The summed E-state index contributed by atoms with van der Waals surface area (Å²) in [6, 6.07) is 7.48. The maximum Gasteiger partial charge on any atom is 0.321 e. The van der Waals surface area contributed by atoms with Crippen LogP contribution < -0.4 is 5.32 Å². The van der Waals surface area contributed by atoms with E-state index in [2.05, 4.69) is 5.32 Å². The third-order valence-corrected chi connectivity index (χ3v) is 5.44. The molecule has 1 saturated heterocycles. The number of sulfonamides is 1. The Morgan fingerprint density at radius 3 is 2.27 bits per heavy atom. The molecule has 1 fully saturated rings. The van der Waals surface area contributed by atoms with E-state index in [1.807, 2.05) is 31.2 Å². The van der Waals surface area contributed by atoms with E-state index in [1.165, 1.54) is 10.6 Å². The van der Waals surface area contributed by atoms with Crippen molar-refractivity contribution in [2.45, 2.75) is 25.8 Å². The molecular formula is C15H23N3O3S. The first kappa shape index (κ1) is 16.8. The lowest BCUT2D eigenvalue weighted by molar-refractivity contribution is 0.175. The van der Waals surface area contributed by atoms with Gasteiger partial charge in [-0.05, 0) is 31.9 Å². The van der Waals surface area contributed by atoms with Crippen LogP contribution in [0.2, 0.25) is 0 Å². The van der Waals surface area contributed by atoms with E-state index in [0.29, 0.717) is 25.9 Å². The van der Waals surface area contributed by atoms with Crippen LogP contribution in [0.5, 0.6) is 0 Å². The number of urea groups is 1. The van der Waals surface area contributed by atoms with E-state index >= 15 is 0 Å². The SMILES string of the molecule is Cc1ccc(NC(=O)N2CCC(N(C)S(C)(=O)=O)CC2)cc1. The number of hydrogen-bond donors (Lipinski definition) is 1. The lowest BCUT2D eigenvalue weighted by Crippen LogP contribution is -2.48. The maximum atomic E-state index is 12.2. The predicted octanol–water partition coefficient (Wildman–Crippen LogP) is 1.88. The van der Waals surface area contributed by atoms with Crippen LogP contribution in [0.1, 0.15) is 18.4 Å². The lowest BCUT2D eigenvalue weighted by atomic mass is 10.1. The summed E-state index contributed by atoms with van der Waals surface area (Å²) in [7, 11) is -1.58. The average Bonchev–Trinajstić information content (AvgIpc) is 2.48. The molecule has 0 spiro atoms. The van der Waals surface area contributed by atoms with Gasteiger partial charge >= 0.3 is 6.03 Å². The summed E-state index contributed by atoms with van der Waals surface area (Å²) in [6.45, 7) is 3.11. The van der Waals surface area contributed by atoms with E-state index in [-0.39, 0.29) is 12.1 Å². The third-order valence-electron chi connectivity index (χ3n) is 4.09. The molecule has 0 unspecified atom stereocenters. The van der Waals surface area contributed by atoms with Gasteiger partial charge in [0, 0.05) is 31.9 Å². The first-order valence-corrected chi connectivity index (χ1v) is 9.18. The zero-order valence-corrected chi connectivity index (χ0v) is 14.1. The van der Waals surface area contributed by atoms with Crippen LogP contribution in [0.25, 0.3) is 0 Å². The van der Waals surface area contributed by atoms with Gasteiger partial charge in [0.05, 0.1) is 6.26 Å². The molecule has 1 aliphatic heterocycles. The van der Waals surface area contributed by atoms with Crippen molar-refractivity contribution in [3.63, 3.8) is 0 Å². The van der Waals surface area contributed by atoms with E-state index < -0.39 is 10.0 Å². The number of likely N-dealkylation sites (tertiary alicyclic amines) is 1. The molecule has 22 heavy (non-hydrogen) atoms. The fourth-order valence-corrected chi connectivity index (χ4v) is 3.30. The molecule has 0 aromatic heterocycles. The van der Waals surface area contributed by atoms with Crippen LogP contribution in [0, 0.1) is 6.92 Å². The average molecular weight is 325 g/mol. The molecule has 6 nitrogen and oxygen atoms in total. The lowest BCUT2D eigenvalue weighted by Gasteiger charge is -2.35. The first-order chi connectivity index (χ1) is 10.3. The smallest absolute Gasteiger partial charge is 0.321 e. The highest BCUT2D eigenvalue weighted by atomic mass is 32.2. The summed E-state index contributed by atoms with van der Waals surface area (Å²) in [6.07, 6.45) is 2.53. The Balaban J connectivity index is 1.88. The number of piperidine rings is 1. The maximum absolute atomic E-state index is 12.2. The van der Waals surface area contributed by atoms with Gasteiger partial charge in [0.2, 0.25) is 10.0 Å². The number of amides is 2. The van der Waals surface area contributed by atoms with Gasteiger partial charge in [0.15, 0.2) is 0 Å². The highest BCUT2D eigenvalue weighted by molar-refractivity contribution is 7.88. The van der Waals surface area contributed by atoms with Crippen molar-refractivity contribution < 1.29 is 13.2 Å². The molecule has 1 heterocycles. The summed E-state index contributed by atoms with van der Waals surface area (Å²) in [5.41, 5.74) is 1.91. The highest BCUT2D eigenvalue weighted by Crippen LogP contribution is 2.18. The Morgan fingerprint density at radius 1 is 1.23 bits per heavy atom. The molecule has 1 N–H and O–H groups in total. The molecule has 1 aromatic rings. The number of aryl methyl sites for hydroxylation is 1. The van der Waals surface area contributed by atoms with Crippen LogP contribution in [-0.2, 0) is 10.0 Å². The second-order valence-corrected chi connectivity index (χ2v) is 7.84. The zero-order chi connectivity index (χ0) is 16.3. The van der Waals surface area contributed by atoms with Gasteiger partial charge < -0.3 is 10.2 Å². The van der Waals surface area contributed by atoms with Crippen molar-refractivity contribution in [1.29, 1.82) is 0 Å². The van der Waals surface area contributed by atoms with Gasteiger partial charge in [-0.15, -0.1) is 0 Å². The number of benzene rings is 1. The van der Waals surface area contributed by atoms with E-state index in [9.17, 15) is 13.2 Å². The number of nitrogens with one attached hydrogen (secondary N) is 1. The Bertz CT molecular complexity index is 620. The second kappa shape index (κ2) is 6.66. The van der Waals surface area contributed by atoms with Crippen molar-refractivity contribution in [1.82, 2.24) is 9.21 Å². The number of hydrogen-bond acceptors (Lipinski definition) is 3. The van der Waals surface area contributed by atoms with Crippen molar-refractivity contribution in [3.8, 4) is 0 Å². The zero-order valence-electron chi connectivity index (χ0n) is 13.2. The van der Waals surface area contributed by atoms with E-state index in [0.717, 1.165) is 11.3 Å². The molecule has 2 amide bonds. The van der Waals surface area contributed by atoms with Gasteiger partial charge in [0.1, 0.15) is 0 Å². The first-order valence-electron chi connectivity index (χ1n) is 7.33. The monoisotopic (exact) mass is 325 g/mol. The second-order valence-electron chi connectivity index (χ2n) is 5.79. The molecule has 7 heteroatoms. The van der Waals surface area contributed by atoms with Crippen molar-refractivity contribution in [2.75, 3.05) is 31.7 Å². The summed E-state index contributed by atoms with van der Waals surface area (Å²) in [4.78, 5) is 13.9. The fourth-order valence-electron chi connectivity index (χ4n) is 2.54. The minimum Gasteiger partial charge on any atom is -0.324 e. The molecule has 0 aliphatic carbocycles. The Morgan fingerprint density at radius 2 is 1.77 bits per heavy atom. The summed E-state index contributed by atoms with van der Waals surface area (Å²) in [5, 5.41) is 2.87.